The van der Waals surface area contributed by atoms with E-state index in [0.717, 1.165) is 27.6 Å². The summed E-state index contributed by atoms with van der Waals surface area (Å²) >= 11 is 0. The second-order valence-corrected chi connectivity index (χ2v) is 12.5. The van der Waals surface area contributed by atoms with Gasteiger partial charge in [0.05, 0.1) is 11.0 Å². The van der Waals surface area contributed by atoms with E-state index in [1.807, 2.05) is 0 Å². The predicted molar refractivity (Wildman–Crippen MR) is 193 cm³/mol. The Labute approximate surface area is 265 Å². The number of benzene rings is 7. The predicted octanol–water partition coefficient (Wildman–Crippen LogP) is 9.59. The van der Waals surface area contributed by atoms with Crippen molar-refractivity contribution in [2.24, 2.45) is 0 Å². The smallest absolute Gasteiger partial charge is 0.329 e. The summed E-state index contributed by atoms with van der Waals surface area (Å²) in [5.74, 6) is 0. The summed E-state index contributed by atoms with van der Waals surface area (Å²) in [5.41, 5.74) is 15.5. The Bertz CT molecular complexity index is 2720. The molecular weight excluding hydrogens is 559 g/mol. The lowest BCUT2D eigenvalue weighted by atomic mass is 9.43. The molecule has 0 saturated heterocycles. The molecule has 2 aliphatic heterocycles. The van der Waals surface area contributed by atoms with Crippen LogP contribution in [0.5, 0.6) is 0 Å². The minimum atomic E-state index is 0.0408. The van der Waals surface area contributed by atoms with Gasteiger partial charge in [-0.25, -0.2) is 0 Å². The Kier molecular flexibility index (Phi) is 4.66. The van der Waals surface area contributed by atoms with Gasteiger partial charge in [0.2, 0.25) is 0 Å². The Hall–Kier alpha value is -6.00. The molecule has 3 nitrogen and oxygen atoms in total. The van der Waals surface area contributed by atoms with Gasteiger partial charge in [-0.1, -0.05) is 97.1 Å². The van der Waals surface area contributed by atoms with Gasteiger partial charge in [0.1, 0.15) is 11.2 Å². The van der Waals surface area contributed by atoms with E-state index >= 15 is 0 Å². The van der Waals surface area contributed by atoms with Gasteiger partial charge >= 0.3 is 6.85 Å². The highest BCUT2D eigenvalue weighted by atomic mass is 16.3. The third-order valence-electron chi connectivity index (χ3n) is 10.2. The van der Waals surface area contributed by atoms with Crippen LogP contribution in [0.25, 0.3) is 71.7 Å². The second kappa shape index (κ2) is 8.80. The molecule has 0 atom stereocenters. The van der Waals surface area contributed by atoms with Gasteiger partial charge in [-0.15, -0.1) is 0 Å². The number of hydrogen-bond donors (Lipinski definition) is 0. The largest absolute Gasteiger partial charge is 0.456 e. The summed E-state index contributed by atoms with van der Waals surface area (Å²) < 4.78 is 9.17. The fraction of sp³-hybridized carbons (Fsp3) is 0. The number of rotatable bonds is 1. The lowest BCUT2D eigenvalue weighted by molar-refractivity contribution is 0.670. The van der Waals surface area contributed by atoms with E-state index in [1.54, 1.807) is 0 Å². The molecule has 4 heteroatoms. The fourth-order valence-electron chi connectivity index (χ4n) is 8.27. The molecule has 4 heterocycles. The quantitative estimate of drug-likeness (QED) is 0.179. The monoisotopic (exact) mass is 584 g/mol. The summed E-state index contributed by atoms with van der Waals surface area (Å²) in [6, 6.07) is 55.2. The lowest BCUT2D eigenvalue weighted by Crippen LogP contribution is -2.59. The Balaban J connectivity index is 1.23. The van der Waals surface area contributed by atoms with Crippen molar-refractivity contribution < 1.29 is 4.42 Å². The highest BCUT2D eigenvalue weighted by Gasteiger charge is 2.42. The maximum atomic E-state index is 6.79. The van der Waals surface area contributed by atoms with Crippen LogP contribution in [0, 0.1) is 0 Å². The standard InChI is InChI=1S/C42H25BN2O/c1-2-12-26(13-3-1)44-37-19-9-5-17-30(37)32-24-41-34(23-40(32)44)33-22-31-29-16-7-11-21-39(29)45-38-20-10-6-15-28(38)27-14-4-8-18-35(27)43(45)36(31)25-42(33)46-41/h1-25H. The second-order valence-electron chi connectivity index (χ2n) is 12.5. The number of furan rings is 1. The summed E-state index contributed by atoms with van der Waals surface area (Å²) in [4.78, 5) is 2.53. The molecule has 2 aliphatic rings. The van der Waals surface area contributed by atoms with E-state index in [9.17, 15) is 0 Å². The zero-order valence-corrected chi connectivity index (χ0v) is 24.8. The van der Waals surface area contributed by atoms with Gasteiger partial charge in [-0.05, 0) is 76.6 Å². The van der Waals surface area contributed by atoms with Gasteiger partial charge in [0, 0.05) is 49.7 Å². The van der Waals surface area contributed by atoms with Crippen molar-refractivity contribution in [3.05, 3.63) is 152 Å². The summed E-state index contributed by atoms with van der Waals surface area (Å²) in [7, 11) is 0. The third kappa shape index (κ3) is 3.08. The Morgan fingerprint density at radius 3 is 1.87 bits per heavy atom. The van der Waals surface area contributed by atoms with Gasteiger partial charge in [-0.3, -0.25) is 0 Å². The van der Waals surface area contributed by atoms with Gasteiger partial charge < -0.3 is 13.8 Å². The Morgan fingerprint density at radius 1 is 0.413 bits per heavy atom. The minimum absolute atomic E-state index is 0.0408. The molecule has 0 N–H and O–H groups in total. The van der Waals surface area contributed by atoms with Gasteiger partial charge in [0.25, 0.3) is 0 Å². The van der Waals surface area contributed by atoms with E-state index in [1.165, 1.54) is 66.4 Å². The first-order chi connectivity index (χ1) is 22.8. The molecule has 212 valence electrons. The number of anilines is 2. The van der Waals surface area contributed by atoms with Crippen molar-refractivity contribution in [2.45, 2.75) is 0 Å². The first-order valence-electron chi connectivity index (χ1n) is 15.9. The van der Waals surface area contributed by atoms with E-state index in [-0.39, 0.29) is 6.85 Å². The van der Waals surface area contributed by atoms with Crippen molar-refractivity contribution >= 4 is 72.9 Å². The molecule has 0 aliphatic carbocycles. The molecule has 11 rings (SSSR count). The van der Waals surface area contributed by atoms with Crippen LogP contribution in [0.4, 0.5) is 11.4 Å². The normalized spacial score (nSPS) is 13.1. The maximum Gasteiger partial charge on any atom is 0.329 e. The van der Waals surface area contributed by atoms with E-state index < -0.39 is 0 Å². The zero-order chi connectivity index (χ0) is 29.9. The van der Waals surface area contributed by atoms with Crippen molar-refractivity contribution in [3.63, 3.8) is 0 Å². The van der Waals surface area contributed by atoms with E-state index in [4.69, 9.17) is 4.42 Å². The van der Waals surface area contributed by atoms with Crippen LogP contribution in [0.2, 0.25) is 0 Å². The van der Waals surface area contributed by atoms with Crippen LogP contribution >= 0.6 is 0 Å². The van der Waals surface area contributed by atoms with Crippen LogP contribution in [0.3, 0.4) is 0 Å². The van der Waals surface area contributed by atoms with Gasteiger partial charge in [0.15, 0.2) is 0 Å². The number of nitrogens with zero attached hydrogens (tertiary/aromatic N) is 2. The summed E-state index contributed by atoms with van der Waals surface area (Å²) in [6.07, 6.45) is 0. The molecule has 0 saturated carbocycles. The number of fused-ring (bicyclic) bond motifs is 17. The highest BCUT2D eigenvalue weighted by molar-refractivity contribution is 6.92. The first kappa shape index (κ1) is 24.3. The van der Waals surface area contributed by atoms with Crippen molar-refractivity contribution in [1.82, 2.24) is 4.57 Å². The first-order valence-corrected chi connectivity index (χ1v) is 15.9. The topological polar surface area (TPSA) is 21.3 Å². The highest BCUT2D eigenvalue weighted by Crippen LogP contribution is 2.47. The Morgan fingerprint density at radius 2 is 1.04 bits per heavy atom. The molecule has 9 aromatic rings. The zero-order valence-electron chi connectivity index (χ0n) is 24.8. The number of hydrogen-bond acceptors (Lipinski definition) is 2. The molecule has 2 aromatic heterocycles. The molecule has 0 spiro atoms. The van der Waals surface area contributed by atoms with Crippen LogP contribution in [-0.4, -0.2) is 11.4 Å². The van der Waals surface area contributed by atoms with Gasteiger partial charge in [-0.2, -0.15) is 0 Å². The lowest BCUT2D eigenvalue weighted by Gasteiger charge is -2.43. The van der Waals surface area contributed by atoms with Crippen LogP contribution in [-0.2, 0) is 0 Å². The average molecular weight is 584 g/mol. The van der Waals surface area contributed by atoms with Crippen molar-refractivity contribution in [3.8, 4) is 27.9 Å². The maximum absolute atomic E-state index is 6.79. The van der Waals surface area contributed by atoms with Crippen LogP contribution in [0.15, 0.2) is 156 Å². The van der Waals surface area contributed by atoms with Crippen LogP contribution in [0.1, 0.15) is 0 Å². The number of aromatic nitrogens is 1. The minimum Gasteiger partial charge on any atom is -0.456 e. The molecule has 7 aromatic carbocycles. The van der Waals surface area contributed by atoms with Crippen molar-refractivity contribution in [1.29, 1.82) is 0 Å². The van der Waals surface area contributed by atoms with Crippen molar-refractivity contribution in [2.75, 3.05) is 4.81 Å². The molecule has 0 unspecified atom stereocenters. The fourth-order valence-corrected chi connectivity index (χ4v) is 8.27. The molecule has 0 fully saturated rings. The number of para-hydroxylation sites is 4. The molecule has 0 radical (unpaired) electrons. The average Bonchev–Trinajstić information content (AvgIpc) is 3.64. The summed E-state index contributed by atoms with van der Waals surface area (Å²) in [5, 5.41) is 4.71. The van der Waals surface area contributed by atoms with Crippen LogP contribution < -0.4 is 15.7 Å². The summed E-state index contributed by atoms with van der Waals surface area (Å²) in [6.45, 7) is 0.0408. The molecule has 46 heavy (non-hydrogen) atoms. The van der Waals surface area contributed by atoms with E-state index in [0.29, 0.717) is 0 Å². The third-order valence-corrected chi connectivity index (χ3v) is 10.2. The SMILES string of the molecule is c1ccc(-n2c3ccccc3c3cc4oc5cc6c(cc5c4cc32)-c2ccccc2N2B6c3ccccc3-c3ccccc32)cc1. The molecule has 0 amide bonds. The molecule has 0 bridgehead atoms. The molecular formula is C42H25BN2O. The van der Waals surface area contributed by atoms with E-state index in [2.05, 4.69) is 161 Å².